The SMILES string of the molecule is CCCCCC(CC)C(=O)CC/C(=N/OC)C(CCC)CCCC. The van der Waals surface area contributed by atoms with Crippen LogP contribution in [0.1, 0.15) is 105 Å². The highest BCUT2D eigenvalue weighted by Crippen LogP contribution is 2.22. The zero-order chi connectivity index (χ0) is 18.2. The molecule has 0 aromatic carbocycles. The molecule has 0 spiro atoms. The van der Waals surface area contributed by atoms with Crippen molar-refractivity contribution in [3.8, 4) is 0 Å². The minimum Gasteiger partial charge on any atom is -0.399 e. The first kappa shape index (κ1) is 23.1. The molecule has 0 bridgehead atoms. The molecule has 0 aliphatic heterocycles. The lowest BCUT2D eigenvalue weighted by molar-refractivity contribution is -0.123. The number of Topliss-reactive ketones (excluding diaryl/α,β-unsaturated/α-hetero) is 1. The van der Waals surface area contributed by atoms with Crippen LogP contribution in [-0.4, -0.2) is 18.6 Å². The number of hydrogen-bond donors (Lipinski definition) is 0. The van der Waals surface area contributed by atoms with Gasteiger partial charge in [-0.15, -0.1) is 0 Å². The van der Waals surface area contributed by atoms with Crippen LogP contribution in [0.3, 0.4) is 0 Å². The average molecular weight is 340 g/mol. The van der Waals surface area contributed by atoms with Gasteiger partial charge in [-0.1, -0.05) is 71.4 Å². The lowest BCUT2D eigenvalue weighted by Crippen LogP contribution is -2.20. The highest BCUT2D eigenvalue weighted by atomic mass is 16.6. The first-order valence-corrected chi connectivity index (χ1v) is 10.3. The minimum atomic E-state index is 0.237. The van der Waals surface area contributed by atoms with Crippen molar-refractivity contribution in [3.63, 3.8) is 0 Å². The number of oxime groups is 1. The maximum absolute atomic E-state index is 12.6. The van der Waals surface area contributed by atoms with Crippen LogP contribution in [0.5, 0.6) is 0 Å². The second-order valence-corrected chi connectivity index (χ2v) is 6.96. The van der Waals surface area contributed by atoms with Crippen LogP contribution < -0.4 is 0 Å². The van der Waals surface area contributed by atoms with Crippen LogP contribution in [0, 0.1) is 11.8 Å². The number of nitrogens with zero attached hydrogens (tertiary/aromatic N) is 1. The third kappa shape index (κ3) is 10.1. The van der Waals surface area contributed by atoms with Crippen molar-refractivity contribution < 1.29 is 9.63 Å². The summed E-state index contributed by atoms with van der Waals surface area (Å²) in [5, 5.41) is 4.29. The van der Waals surface area contributed by atoms with Crippen molar-refractivity contribution in [2.45, 2.75) is 105 Å². The van der Waals surface area contributed by atoms with Gasteiger partial charge < -0.3 is 4.84 Å². The molecule has 2 atom stereocenters. The van der Waals surface area contributed by atoms with E-state index in [4.69, 9.17) is 4.84 Å². The van der Waals surface area contributed by atoms with Crippen LogP contribution in [0.25, 0.3) is 0 Å². The van der Waals surface area contributed by atoms with E-state index in [1.165, 1.54) is 32.1 Å². The molecule has 0 heterocycles. The van der Waals surface area contributed by atoms with Crippen molar-refractivity contribution >= 4 is 11.5 Å². The largest absolute Gasteiger partial charge is 0.399 e. The first-order chi connectivity index (χ1) is 11.6. The summed E-state index contributed by atoms with van der Waals surface area (Å²) in [4.78, 5) is 17.7. The number of carbonyl (C=O) groups is 1. The monoisotopic (exact) mass is 339 g/mol. The Balaban J connectivity index is 4.63. The van der Waals surface area contributed by atoms with Gasteiger partial charge in [0.25, 0.3) is 0 Å². The Labute approximate surface area is 150 Å². The van der Waals surface area contributed by atoms with E-state index in [0.29, 0.717) is 18.1 Å². The zero-order valence-corrected chi connectivity index (χ0v) is 16.9. The van der Waals surface area contributed by atoms with Gasteiger partial charge in [0, 0.05) is 18.3 Å². The number of carbonyl (C=O) groups excluding carboxylic acids is 1. The molecular formula is C21H41NO2. The quantitative estimate of drug-likeness (QED) is 0.182. The van der Waals surface area contributed by atoms with Gasteiger partial charge in [-0.05, 0) is 32.1 Å². The molecule has 0 radical (unpaired) electrons. The molecular weight excluding hydrogens is 298 g/mol. The summed E-state index contributed by atoms with van der Waals surface area (Å²) in [5.41, 5.74) is 1.10. The molecule has 0 saturated carbocycles. The third-order valence-electron chi connectivity index (χ3n) is 4.95. The van der Waals surface area contributed by atoms with E-state index >= 15 is 0 Å². The second-order valence-electron chi connectivity index (χ2n) is 6.96. The van der Waals surface area contributed by atoms with Gasteiger partial charge in [-0.3, -0.25) is 4.79 Å². The average Bonchev–Trinajstić information content (AvgIpc) is 2.59. The number of ketones is 1. The van der Waals surface area contributed by atoms with Gasteiger partial charge in [-0.25, -0.2) is 0 Å². The molecule has 0 N–H and O–H groups in total. The van der Waals surface area contributed by atoms with Crippen LogP contribution in [0.15, 0.2) is 5.16 Å². The Morgan fingerprint density at radius 2 is 1.50 bits per heavy atom. The van der Waals surface area contributed by atoms with Crippen LogP contribution in [-0.2, 0) is 9.63 Å². The van der Waals surface area contributed by atoms with Gasteiger partial charge in [0.1, 0.15) is 12.9 Å². The van der Waals surface area contributed by atoms with Gasteiger partial charge in [0.2, 0.25) is 0 Å². The predicted octanol–water partition coefficient (Wildman–Crippen LogP) is 6.55. The molecule has 0 rings (SSSR count). The van der Waals surface area contributed by atoms with E-state index in [1.54, 1.807) is 7.11 Å². The predicted molar refractivity (Wildman–Crippen MR) is 105 cm³/mol. The topological polar surface area (TPSA) is 38.7 Å². The van der Waals surface area contributed by atoms with E-state index in [2.05, 4.69) is 32.9 Å². The Hall–Kier alpha value is -0.860. The fourth-order valence-corrected chi connectivity index (χ4v) is 3.41. The van der Waals surface area contributed by atoms with Gasteiger partial charge in [0.15, 0.2) is 0 Å². The summed E-state index contributed by atoms with van der Waals surface area (Å²) in [7, 11) is 1.62. The fraction of sp³-hybridized carbons (Fsp3) is 0.905. The van der Waals surface area contributed by atoms with Gasteiger partial charge in [0.05, 0.1) is 5.71 Å². The lowest BCUT2D eigenvalue weighted by Gasteiger charge is -2.19. The van der Waals surface area contributed by atoms with Crippen molar-refractivity contribution in [1.29, 1.82) is 0 Å². The maximum atomic E-state index is 12.6. The normalized spacial score (nSPS) is 14.5. The molecule has 2 unspecified atom stereocenters. The summed E-state index contributed by atoms with van der Waals surface area (Å²) in [6, 6.07) is 0. The molecule has 142 valence electrons. The summed E-state index contributed by atoms with van der Waals surface area (Å²) < 4.78 is 0. The van der Waals surface area contributed by atoms with Crippen molar-refractivity contribution in [2.75, 3.05) is 7.11 Å². The molecule has 0 fully saturated rings. The van der Waals surface area contributed by atoms with Crippen LogP contribution in [0.2, 0.25) is 0 Å². The van der Waals surface area contributed by atoms with Crippen LogP contribution >= 0.6 is 0 Å². The van der Waals surface area contributed by atoms with Crippen molar-refractivity contribution in [2.24, 2.45) is 17.0 Å². The lowest BCUT2D eigenvalue weighted by atomic mass is 9.87. The molecule has 0 amide bonds. The summed E-state index contributed by atoms with van der Waals surface area (Å²) in [5.74, 6) is 1.13. The molecule has 3 nitrogen and oxygen atoms in total. The zero-order valence-electron chi connectivity index (χ0n) is 16.9. The van der Waals surface area contributed by atoms with Gasteiger partial charge in [-0.2, -0.15) is 0 Å². The molecule has 24 heavy (non-hydrogen) atoms. The fourth-order valence-electron chi connectivity index (χ4n) is 3.41. The van der Waals surface area contributed by atoms with Gasteiger partial charge >= 0.3 is 0 Å². The summed E-state index contributed by atoms with van der Waals surface area (Å²) >= 11 is 0. The van der Waals surface area contributed by atoms with Crippen molar-refractivity contribution in [3.05, 3.63) is 0 Å². The second kappa shape index (κ2) is 15.7. The molecule has 0 aromatic rings. The van der Waals surface area contributed by atoms with E-state index < -0.39 is 0 Å². The molecule has 0 aliphatic carbocycles. The third-order valence-corrected chi connectivity index (χ3v) is 4.95. The van der Waals surface area contributed by atoms with E-state index in [1.807, 2.05) is 0 Å². The van der Waals surface area contributed by atoms with E-state index in [-0.39, 0.29) is 5.92 Å². The van der Waals surface area contributed by atoms with Crippen LogP contribution in [0.4, 0.5) is 0 Å². The first-order valence-electron chi connectivity index (χ1n) is 10.3. The van der Waals surface area contributed by atoms with E-state index in [0.717, 1.165) is 44.2 Å². The van der Waals surface area contributed by atoms with Crippen molar-refractivity contribution in [1.82, 2.24) is 0 Å². The number of hydrogen-bond acceptors (Lipinski definition) is 3. The Morgan fingerprint density at radius 3 is 2.04 bits per heavy atom. The smallest absolute Gasteiger partial charge is 0.136 e. The Morgan fingerprint density at radius 1 is 0.833 bits per heavy atom. The minimum absolute atomic E-state index is 0.237. The summed E-state index contributed by atoms with van der Waals surface area (Å²) in [6.45, 7) is 8.79. The number of unbranched alkanes of at least 4 members (excludes halogenated alkanes) is 3. The molecule has 3 heteroatoms. The molecule has 0 aliphatic rings. The maximum Gasteiger partial charge on any atom is 0.136 e. The van der Waals surface area contributed by atoms with E-state index in [9.17, 15) is 4.79 Å². The highest BCUT2D eigenvalue weighted by molar-refractivity contribution is 5.91. The Bertz CT molecular complexity index is 339. The summed E-state index contributed by atoms with van der Waals surface area (Å²) in [6.07, 6.45) is 12.9. The highest BCUT2D eigenvalue weighted by Gasteiger charge is 2.20. The molecule has 0 aromatic heterocycles. The number of rotatable bonds is 16. The standard InChI is InChI=1S/C21H41NO2/c1-6-10-12-15-18(9-4)21(23)17-16-20(22-24-5)19(13-8-3)14-11-7-2/h18-19H,6-17H2,1-5H3/b22-20-. The Kier molecular flexibility index (Phi) is 15.1. The molecule has 0 saturated heterocycles.